The van der Waals surface area contributed by atoms with E-state index >= 15 is 0 Å². The fourth-order valence-electron chi connectivity index (χ4n) is 1.42. The fraction of sp³-hybridized carbons (Fsp3) is 0.0909. The first-order valence-electron chi connectivity index (χ1n) is 5.28. The van der Waals surface area contributed by atoms with Crippen LogP contribution in [-0.4, -0.2) is 26.5 Å². The number of amidine groups is 1. The number of hydrogen-bond acceptors (Lipinski definition) is 6. The first-order valence-corrected chi connectivity index (χ1v) is 6.12. The number of benzene rings is 1. The quantitative estimate of drug-likeness (QED) is 0.337. The van der Waals surface area contributed by atoms with Crippen LogP contribution in [0.1, 0.15) is 21.6 Å². The summed E-state index contributed by atoms with van der Waals surface area (Å²) in [5, 5.41) is 19.5. The van der Waals surface area contributed by atoms with Crippen molar-refractivity contribution < 1.29 is 10.0 Å². The van der Waals surface area contributed by atoms with Gasteiger partial charge in [0.05, 0.1) is 0 Å². The van der Waals surface area contributed by atoms with Gasteiger partial charge in [-0.15, -0.1) is 5.10 Å². The van der Waals surface area contributed by atoms with E-state index in [2.05, 4.69) is 20.1 Å². The number of aryl methyl sites for hydroxylation is 1. The van der Waals surface area contributed by atoms with Crippen LogP contribution in [0.2, 0.25) is 0 Å². The summed E-state index contributed by atoms with van der Waals surface area (Å²) in [6.07, 6.45) is 0. The van der Waals surface area contributed by atoms with Gasteiger partial charge in [-0.1, -0.05) is 21.8 Å². The highest BCUT2D eigenvalue weighted by atomic mass is 32.1. The van der Waals surface area contributed by atoms with Gasteiger partial charge in [-0.3, -0.25) is 4.79 Å². The van der Waals surface area contributed by atoms with Crippen LogP contribution in [0.25, 0.3) is 0 Å². The van der Waals surface area contributed by atoms with Crippen LogP contribution >= 0.6 is 11.5 Å². The molecule has 1 aromatic heterocycles. The number of nitrogens with two attached hydrogens (primary N) is 1. The Bertz CT molecular complexity index is 624. The van der Waals surface area contributed by atoms with Gasteiger partial charge in [0.2, 0.25) is 0 Å². The number of rotatable bonds is 3. The minimum absolute atomic E-state index is 0.0224. The zero-order chi connectivity index (χ0) is 13.8. The van der Waals surface area contributed by atoms with Crippen molar-refractivity contribution in [3.8, 4) is 0 Å². The van der Waals surface area contributed by atoms with E-state index in [1.807, 2.05) is 6.92 Å². The van der Waals surface area contributed by atoms with Gasteiger partial charge in [0.1, 0.15) is 0 Å². The molecule has 2 aromatic rings. The molecule has 19 heavy (non-hydrogen) atoms. The Kier molecular flexibility index (Phi) is 3.71. The second-order valence-corrected chi connectivity index (χ2v) is 4.37. The monoisotopic (exact) mass is 277 g/mol. The molecule has 4 N–H and O–H groups in total. The Morgan fingerprint density at radius 3 is 2.95 bits per heavy atom. The van der Waals surface area contributed by atoms with E-state index in [4.69, 9.17) is 10.9 Å². The Labute approximate surface area is 112 Å². The second kappa shape index (κ2) is 5.44. The molecular formula is C11H11N5O2S. The maximum Gasteiger partial charge on any atom is 0.277 e. The van der Waals surface area contributed by atoms with Crippen LogP contribution in [0.4, 0.5) is 5.69 Å². The first-order chi connectivity index (χ1) is 9.11. The molecule has 0 saturated carbocycles. The van der Waals surface area contributed by atoms with Crippen LogP contribution in [0.15, 0.2) is 28.7 Å². The SMILES string of the molecule is Cc1ccc(C(N)=NO)cc1NC(=O)c1csnn1. The summed E-state index contributed by atoms with van der Waals surface area (Å²) in [6, 6.07) is 5.09. The lowest BCUT2D eigenvalue weighted by molar-refractivity contribution is 0.102. The Morgan fingerprint density at radius 2 is 2.32 bits per heavy atom. The number of oxime groups is 1. The van der Waals surface area contributed by atoms with Crippen molar-refractivity contribution in [2.45, 2.75) is 6.92 Å². The molecule has 0 atom stereocenters. The lowest BCUT2D eigenvalue weighted by Crippen LogP contribution is -2.16. The summed E-state index contributed by atoms with van der Waals surface area (Å²) in [7, 11) is 0. The molecule has 0 spiro atoms. The third kappa shape index (κ3) is 2.86. The van der Waals surface area contributed by atoms with E-state index in [-0.39, 0.29) is 17.4 Å². The van der Waals surface area contributed by atoms with Crippen LogP contribution in [0.3, 0.4) is 0 Å². The number of amides is 1. The predicted molar refractivity (Wildman–Crippen MR) is 71.6 cm³/mol. The van der Waals surface area contributed by atoms with Crippen molar-refractivity contribution in [3.05, 3.63) is 40.4 Å². The summed E-state index contributed by atoms with van der Waals surface area (Å²) in [6.45, 7) is 1.84. The van der Waals surface area contributed by atoms with Gasteiger partial charge in [-0.2, -0.15) is 0 Å². The first kappa shape index (κ1) is 13.0. The summed E-state index contributed by atoms with van der Waals surface area (Å²) in [5.41, 5.74) is 7.69. The van der Waals surface area contributed by atoms with Gasteiger partial charge in [-0.05, 0) is 30.1 Å². The third-order valence-electron chi connectivity index (χ3n) is 2.48. The van der Waals surface area contributed by atoms with Crippen LogP contribution in [0.5, 0.6) is 0 Å². The summed E-state index contributed by atoms with van der Waals surface area (Å²) >= 11 is 1.10. The van der Waals surface area contributed by atoms with Gasteiger partial charge in [0.15, 0.2) is 11.5 Å². The predicted octanol–water partition coefficient (Wildman–Crippen LogP) is 1.19. The van der Waals surface area contributed by atoms with E-state index in [9.17, 15) is 4.79 Å². The Balaban J connectivity index is 2.27. The second-order valence-electron chi connectivity index (χ2n) is 3.76. The minimum Gasteiger partial charge on any atom is -0.409 e. The topological polar surface area (TPSA) is 113 Å². The number of nitrogens with one attached hydrogen (secondary N) is 1. The van der Waals surface area contributed by atoms with Crippen molar-refractivity contribution >= 4 is 29.0 Å². The Morgan fingerprint density at radius 1 is 1.53 bits per heavy atom. The molecule has 1 amide bonds. The minimum atomic E-state index is -0.353. The van der Waals surface area contributed by atoms with Gasteiger partial charge in [0, 0.05) is 16.6 Å². The number of aromatic nitrogens is 2. The molecule has 1 aromatic carbocycles. The van der Waals surface area contributed by atoms with E-state index in [0.717, 1.165) is 17.1 Å². The number of carbonyl (C=O) groups excluding carboxylic acids is 1. The number of anilines is 1. The lowest BCUT2D eigenvalue weighted by Gasteiger charge is -2.09. The normalized spacial score (nSPS) is 11.3. The molecule has 0 fully saturated rings. The molecule has 0 radical (unpaired) electrons. The van der Waals surface area contributed by atoms with Crippen LogP contribution in [0, 0.1) is 6.92 Å². The summed E-state index contributed by atoms with van der Waals surface area (Å²) < 4.78 is 3.63. The van der Waals surface area contributed by atoms with E-state index in [1.165, 1.54) is 0 Å². The van der Waals surface area contributed by atoms with E-state index in [0.29, 0.717) is 11.3 Å². The maximum absolute atomic E-state index is 11.9. The summed E-state index contributed by atoms with van der Waals surface area (Å²) in [4.78, 5) is 11.9. The highest BCUT2D eigenvalue weighted by molar-refractivity contribution is 7.03. The zero-order valence-corrected chi connectivity index (χ0v) is 10.8. The fourth-order valence-corrected chi connectivity index (χ4v) is 1.86. The molecule has 7 nitrogen and oxygen atoms in total. The molecule has 1 heterocycles. The Hall–Kier alpha value is -2.48. The average molecular weight is 277 g/mol. The highest BCUT2D eigenvalue weighted by Crippen LogP contribution is 2.17. The lowest BCUT2D eigenvalue weighted by atomic mass is 10.1. The van der Waals surface area contributed by atoms with Crippen molar-refractivity contribution in [1.29, 1.82) is 0 Å². The molecule has 8 heteroatoms. The van der Waals surface area contributed by atoms with E-state index in [1.54, 1.807) is 23.6 Å². The third-order valence-corrected chi connectivity index (χ3v) is 2.99. The van der Waals surface area contributed by atoms with Crippen molar-refractivity contribution in [3.63, 3.8) is 0 Å². The van der Waals surface area contributed by atoms with Gasteiger partial charge in [-0.25, -0.2) is 0 Å². The number of hydrogen-bond donors (Lipinski definition) is 3. The molecule has 0 bridgehead atoms. The zero-order valence-electron chi connectivity index (χ0n) is 9.99. The van der Waals surface area contributed by atoms with Crippen molar-refractivity contribution in [2.24, 2.45) is 10.9 Å². The number of nitrogens with zero attached hydrogens (tertiary/aromatic N) is 3. The standard InChI is InChI=1S/C11H11N5O2S/c1-6-2-3-7(10(12)15-18)4-8(6)13-11(17)9-5-19-16-14-9/h2-5,18H,1H3,(H2,12,15)(H,13,17). The summed E-state index contributed by atoms with van der Waals surface area (Å²) in [5.74, 6) is -0.376. The molecule has 0 aliphatic heterocycles. The van der Waals surface area contributed by atoms with Crippen molar-refractivity contribution in [2.75, 3.05) is 5.32 Å². The van der Waals surface area contributed by atoms with Crippen LogP contribution in [-0.2, 0) is 0 Å². The van der Waals surface area contributed by atoms with Gasteiger partial charge in [0.25, 0.3) is 5.91 Å². The average Bonchev–Trinajstić information content (AvgIpc) is 2.94. The van der Waals surface area contributed by atoms with Crippen LogP contribution < -0.4 is 11.1 Å². The molecule has 2 rings (SSSR count). The molecule has 0 saturated heterocycles. The smallest absolute Gasteiger partial charge is 0.277 e. The maximum atomic E-state index is 11.9. The number of carbonyl (C=O) groups is 1. The van der Waals surface area contributed by atoms with Crippen molar-refractivity contribution in [1.82, 2.24) is 9.59 Å². The largest absolute Gasteiger partial charge is 0.409 e. The molecular weight excluding hydrogens is 266 g/mol. The van der Waals surface area contributed by atoms with Gasteiger partial charge >= 0.3 is 0 Å². The molecule has 0 aliphatic carbocycles. The highest BCUT2D eigenvalue weighted by Gasteiger charge is 2.11. The molecule has 0 aliphatic rings. The molecule has 0 unspecified atom stereocenters. The van der Waals surface area contributed by atoms with E-state index < -0.39 is 0 Å². The van der Waals surface area contributed by atoms with Gasteiger partial charge < -0.3 is 16.3 Å². The molecule has 98 valence electrons.